The van der Waals surface area contributed by atoms with Gasteiger partial charge in [-0.1, -0.05) is 68.4 Å². The first kappa shape index (κ1) is 29.2. The number of benzene rings is 2. The van der Waals surface area contributed by atoms with Crippen molar-refractivity contribution >= 4 is 18.0 Å². The molecule has 1 fully saturated rings. The largest absolute Gasteiger partial charge is 0.467 e. The third-order valence-corrected chi connectivity index (χ3v) is 6.83. The Hall–Kier alpha value is -3.39. The molecule has 8 heteroatoms. The van der Waals surface area contributed by atoms with Gasteiger partial charge in [0.1, 0.15) is 17.7 Å². The average molecular weight is 525 g/mol. The predicted molar refractivity (Wildman–Crippen MR) is 146 cm³/mol. The van der Waals surface area contributed by atoms with Crippen LogP contribution in [0.2, 0.25) is 0 Å². The van der Waals surface area contributed by atoms with Crippen LogP contribution in [0.15, 0.2) is 54.6 Å². The Labute approximate surface area is 225 Å². The van der Waals surface area contributed by atoms with Crippen LogP contribution < -0.4 is 5.32 Å². The van der Waals surface area contributed by atoms with E-state index in [1.807, 2.05) is 44.2 Å². The highest BCUT2D eigenvalue weighted by molar-refractivity contribution is 5.90. The first-order valence-corrected chi connectivity index (χ1v) is 12.9. The molecule has 1 N–H and O–H groups in total. The van der Waals surface area contributed by atoms with Crippen LogP contribution in [0.25, 0.3) is 11.1 Å². The summed E-state index contributed by atoms with van der Waals surface area (Å²) in [5.41, 5.74) is 2.00. The standard InChI is InChI=1S/C30H40N2O6/c1-29(2,3)38-28(35)31-24(26(33)32-19-23(36-6)17-25(32)27(34)37-7)18-30(4,5)22-15-13-21(14-16-22)20-11-9-8-10-12-20/h8-16,23-25H,17-19H2,1-7H3,(H,31,35)/t23?,24-,25?/m0/s1. The fraction of sp³-hybridized carbons (Fsp3) is 0.500. The molecule has 206 valence electrons. The molecular weight excluding hydrogens is 484 g/mol. The van der Waals surface area contributed by atoms with Gasteiger partial charge < -0.3 is 24.4 Å². The highest BCUT2D eigenvalue weighted by atomic mass is 16.6. The SMILES string of the molecule is COC(=O)C1CC(OC)CN1C(=O)[C@H](CC(C)(C)c1ccc(-c2ccccc2)cc1)NC(=O)OC(C)(C)C. The molecular formula is C30H40N2O6. The molecule has 2 aromatic carbocycles. The number of likely N-dealkylation sites (tertiary alicyclic amines) is 1. The lowest BCUT2D eigenvalue weighted by Gasteiger charge is -2.34. The monoisotopic (exact) mass is 524 g/mol. The minimum absolute atomic E-state index is 0.230. The van der Waals surface area contributed by atoms with Crippen LogP contribution >= 0.6 is 0 Å². The summed E-state index contributed by atoms with van der Waals surface area (Å²) in [6.07, 6.45) is -0.372. The summed E-state index contributed by atoms with van der Waals surface area (Å²) in [6, 6.07) is 16.6. The number of carbonyl (C=O) groups excluding carboxylic acids is 3. The number of rotatable bonds is 8. The summed E-state index contributed by atoms with van der Waals surface area (Å²) in [7, 11) is 2.84. The maximum atomic E-state index is 13.9. The number of alkyl carbamates (subject to hydrolysis) is 1. The molecule has 3 rings (SSSR count). The number of carbonyl (C=O) groups is 3. The highest BCUT2D eigenvalue weighted by Gasteiger charge is 2.44. The van der Waals surface area contributed by atoms with Crippen LogP contribution in [-0.2, 0) is 29.2 Å². The Morgan fingerprint density at radius 3 is 2.11 bits per heavy atom. The predicted octanol–water partition coefficient (Wildman–Crippen LogP) is 4.70. The maximum Gasteiger partial charge on any atom is 0.408 e. The maximum absolute atomic E-state index is 13.9. The zero-order valence-electron chi connectivity index (χ0n) is 23.4. The van der Waals surface area contributed by atoms with Gasteiger partial charge in [0.15, 0.2) is 0 Å². The van der Waals surface area contributed by atoms with Gasteiger partial charge in [-0.05, 0) is 49.3 Å². The van der Waals surface area contributed by atoms with Crippen molar-refractivity contribution in [2.45, 2.75) is 76.7 Å². The third-order valence-electron chi connectivity index (χ3n) is 6.83. The van der Waals surface area contributed by atoms with Gasteiger partial charge in [-0.15, -0.1) is 0 Å². The van der Waals surface area contributed by atoms with Crippen LogP contribution in [-0.4, -0.2) is 67.4 Å². The zero-order chi connectivity index (χ0) is 28.1. The van der Waals surface area contributed by atoms with Gasteiger partial charge in [-0.2, -0.15) is 0 Å². The second kappa shape index (κ2) is 12.0. The molecule has 0 radical (unpaired) electrons. The molecule has 2 aromatic rings. The van der Waals surface area contributed by atoms with Crippen molar-refractivity contribution in [2.75, 3.05) is 20.8 Å². The van der Waals surface area contributed by atoms with E-state index in [2.05, 4.69) is 29.6 Å². The van der Waals surface area contributed by atoms with Crippen LogP contribution in [0.1, 0.15) is 53.0 Å². The quantitative estimate of drug-likeness (QED) is 0.503. The number of esters is 1. The molecule has 0 bridgehead atoms. The van der Waals surface area contributed by atoms with Crippen molar-refractivity contribution in [3.63, 3.8) is 0 Å². The van der Waals surface area contributed by atoms with E-state index in [1.165, 1.54) is 12.0 Å². The second-order valence-corrected chi connectivity index (χ2v) is 11.4. The van der Waals surface area contributed by atoms with Crippen molar-refractivity contribution in [1.29, 1.82) is 0 Å². The molecule has 0 spiro atoms. The molecule has 1 aliphatic heterocycles. The third kappa shape index (κ3) is 7.34. The summed E-state index contributed by atoms with van der Waals surface area (Å²) in [5.74, 6) is -0.885. The van der Waals surface area contributed by atoms with Crippen molar-refractivity contribution in [3.05, 3.63) is 60.2 Å². The minimum atomic E-state index is -0.934. The smallest absolute Gasteiger partial charge is 0.408 e. The van der Waals surface area contributed by atoms with E-state index in [1.54, 1.807) is 27.9 Å². The van der Waals surface area contributed by atoms with Crippen molar-refractivity contribution in [1.82, 2.24) is 10.2 Å². The highest BCUT2D eigenvalue weighted by Crippen LogP contribution is 2.32. The summed E-state index contributed by atoms with van der Waals surface area (Å²) in [5, 5.41) is 2.78. The topological polar surface area (TPSA) is 94.2 Å². The molecule has 2 amide bonds. The molecule has 0 saturated carbocycles. The van der Waals surface area contributed by atoms with E-state index in [0.717, 1.165) is 16.7 Å². The van der Waals surface area contributed by atoms with Gasteiger partial charge in [-0.3, -0.25) is 4.79 Å². The Balaban J connectivity index is 1.88. The van der Waals surface area contributed by atoms with Gasteiger partial charge in [0.05, 0.1) is 13.2 Å². The Kier molecular flexibility index (Phi) is 9.20. The van der Waals surface area contributed by atoms with Crippen LogP contribution in [0.4, 0.5) is 4.79 Å². The number of methoxy groups -OCH3 is 2. The summed E-state index contributed by atoms with van der Waals surface area (Å²) >= 11 is 0. The molecule has 38 heavy (non-hydrogen) atoms. The molecule has 1 saturated heterocycles. The average Bonchev–Trinajstić information content (AvgIpc) is 3.31. The van der Waals surface area contributed by atoms with Crippen molar-refractivity contribution < 1.29 is 28.6 Å². The molecule has 0 aliphatic carbocycles. The summed E-state index contributed by atoms with van der Waals surface area (Å²) in [6.45, 7) is 9.58. The number of ether oxygens (including phenoxy) is 3. The van der Waals surface area contributed by atoms with E-state index in [0.29, 0.717) is 6.42 Å². The Morgan fingerprint density at radius 2 is 1.55 bits per heavy atom. The molecule has 0 aromatic heterocycles. The number of hydrogen-bond acceptors (Lipinski definition) is 6. The van der Waals surface area contributed by atoms with E-state index >= 15 is 0 Å². The van der Waals surface area contributed by atoms with Crippen LogP contribution in [0.5, 0.6) is 0 Å². The van der Waals surface area contributed by atoms with Gasteiger partial charge in [-0.25, -0.2) is 9.59 Å². The molecule has 1 aliphatic rings. The lowest BCUT2D eigenvalue weighted by atomic mass is 9.78. The first-order chi connectivity index (χ1) is 17.8. The normalized spacial score (nSPS) is 18.6. The fourth-order valence-electron chi connectivity index (χ4n) is 4.79. The Bertz CT molecular complexity index is 1110. The fourth-order valence-corrected chi connectivity index (χ4v) is 4.79. The lowest BCUT2D eigenvalue weighted by Crippen LogP contribution is -2.54. The number of nitrogens with one attached hydrogen (secondary N) is 1. The van der Waals surface area contributed by atoms with E-state index in [9.17, 15) is 14.4 Å². The van der Waals surface area contributed by atoms with Crippen molar-refractivity contribution in [3.8, 4) is 11.1 Å². The number of nitrogens with zero attached hydrogens (tertiary/aromatic N) is 1. The van der Waals surface area contributed by atoms with E-state index < -0.39 is 35.2 Å². The van der Waals surface area contributed by atoms with E-state index in [4.69, 9.17) is 14.2 Å². The second-order valence-electron chi connectivity index (χ2n) is 11.4. The van der Waals surface area contributed by atoms with Crippen molar-refractivity contribution in [2.24, 2.45) is 0 Å². The van der Waals surface area contributed by atoms with Gasteiger partial charge >= 0.3 is 12.1 Å². The van der Waals surface area contributed by atoms with Gasteiger partial charge in [0, 0.05) is 20.1 Å². The minimum Gasteiger partial charge on any atom is -0.467 e. The molecule has 3 atom stereocenters. The molecule has 2 unspecified atom stereocenters. The Morgan fingerprint density at radius 1 is 0.947 bits per heavy atom. The number of amides is 2. The zero-order valence-corrected chi connectivity index (χ0v) is 23.4. The number of hydrogen-bond donors (Lipinski definition) is 1. The van der Waals surface area contributed by atoms with Gasteiger partial charge in [0.2, 0.25) is 5.91 Å². The van der Waals surface area contributed by atoms with Crippen LogP contribution in [0.3, 0.4) is 0 Å². The first-order valence-electron chi connectivity index (χ1n) is 12.9. The lowest BCUT2D eigenvalue weighted by molar-refractivity contribution is -0.151. The summed E-state index contributed by atoms with van der Waals surface area (Å²) in [4.78, 5) is 40.6. The van der Waals surface area contributed by atoms with Gasteiger partial charge in [0.25, 0.3) is 0 Å². The molecule has 8 nitrogen and oxygen atoms in total. The summed E-state index contributed by atoms with van der Waals surface area (Å²) < 4.78 is 15.9. The van der Waals surface area contributed by atoms with Crippen LogP contribution in [0, 0.1) is 0 Å². The molecule has 1 heterocycles. The van der Waals surface area contributed by atoms with E-state index in [-0.39, 0.29) is 25.0 Å².